The minimum atomic E-state index is -3.57. The molecule has 1 aromatic heterocycles. The number of rotatable bonds is 5. The Labute approximate surface area is 167 Å². The number of hydrogen-bond acceptors (Lipinski definition) is 2. The fourth-order valence-electron chi connectivity index (χ4n) is 3.30. The lowest BCUT2D eigenvalue weighted by atomic mass is 10.2. The highest BCUT2D eigenvalue weighted by Gasteiger charge is 2.21. The van der Waals surface area contributed by atoms with Crippen LogP contribution in [0.4, 0.5) is 4.39 Å². The molecule has 0 aliphatic heterocycles. The Balaban J connectivity index is 1.76. The van der Waals surface area contributed by atoms with Gasteiger partial charge in [0.25, 0.3) is 0 Å². The van der Waals surface area contributed by atoms with Crippen molar-refractivity contribution in [3.63, 3.8) is 0 Å². The van der Waals surface area contributed by atoms with Crippen molar-refractivity contribution in [1.29, 1.82) is 0 Å². The second-order valence-corrected chi connectivity index (χ2v) is 9.05. The first-order valence-corrected chi connectivity index (χ1v) is 10.7. The lowest BCUT2D eigenvalue weighted by molar-refractivity contribution is 0.595. The van der Waals surface area contributed by atoms with E-state index in [1.165, 1.54) is 12.1 Å². The molecule has 6 heteroatoms. The Morgan fingerprint density at radius 2 is 1.64 bits per heavy atom. The zero-order valence-corrected chi connectivity index (χ0v) is 16.4. The van der Waals surface area contributed by atoms with E-state index >= 15 is 0 Å². The van der Waals surface area contributed by atoms with Crippen molar-refractivity contribution in [1.82, 2.24) is 4.57 Å². The summed E-state index contributed by atoms with van der Waals surface area (Å²) in [5, 5.41) is 1.22. The van der Waals surface area contributed by atoms with Gasteiger partial charge in [0.1, 0.15) is 5.82 Å². The van der Waals surface area contributed by atoms with Crippen LogP contribution in [0, 0.1) is 5.82 Å². The van der Waals surface area contributed by atoms with Crippen LogP contribution in [0.3, 0.4) is 0 Å². The maximum atomic E-state index is 13.5. The smallest absolute Gasteiger partial charge is 0.184 e. The number of nitrogens with zero attached hydrogens (tertiary/aromatic N) is 1. The topological polar surface area (TPSA) is 39.1 Å². The average Bonchev–Trinajstić information content (AvgIpc) is 3.03. The van der Waals surface area contributed by atoms with Crippen LogP contribution in [-0.2, 0) is 22.1 Å². The third-order valence-electron chi connectivity index (χ3n) is 4.60. The predicted molar refractivity (Wildman–Crippen MR) is 110 cm³/mol. The minimum absolute atomic E-state index is 0.113. The zero-order chi connectivity index (χ0) is 19.7. The molecule has 28 heavy (non-hydrogen) atoms. The number of fused-ring (bicyclic) bond motifs is 1. The fourth-order valence-corrected chi connectivity index (χ4v) is 5.01. The number of sulfone groups is 1. The second-order valence-electron chi connectivity index (χ2n) is 6.65. The second kappa shape index (κ2) is 7.41. The lowest BCUT2D eigenvalue weighted by Gasteiger charge is -2.05. The molecule has 3 aromatic carbocycles. The molecular formula is C22H17ClFNO2S. The molecule has 0 unspecified atom stereocenters. The van der Waals surface area contributed by atoms with Crippen molar-refractivity contribution in [2.45, 2.75) is 17.2 Å². The Kier molecular flexibility index (Phi) is 4.96. The standard InChI is InChI=1S/C22H17ClFNO2S/c23-18-10-8-16(9-11-18)15-28(26,27)22-14-25(21-7-2-1-6-20(21)22)13-17-4-3-5-19(24)12-17/h1-12,14H,13,15H2. The lowest BCUT2D eigenvalue weighted by Crippen LogP contribution is -2.05. The first kappa shape index (κ1) is 18.7. The van der Waals surface area contributed by atoms with Crippen molar-refractivity contribution in [2.24, 2.45) is 0 Å². The molecule has 4 aromatic rings. The summed E-state index contributed by atoms with van der Waals surface area (Å²) in [5.74, 6) is -0.428. The quantitative estimate of drug-likeness (QED) is 0.436. The SMILES string of the molecule is O=S(=O)(Cc1ccc(Cl)cc1)c1cn(Cc2cccc(F)c2)c2ccccc12. The van der Waals surface area contributed by atoms with Gasteiger partial charge in [-0.1, -0.05) is 54.1 Å². The summed E-state index contributed by atoms with van der Waals surface area (Å²) < 4.78 is 41.6. The number of benzene rings is 3. The molecule has 0 radical (unpaired) electrons. The molecular weight excluding hydrogens is 397 g/mol. The molecule has 0 spiro atoms. The first-order valence-electron chi connectivity index (χ1n) is 8.72. The summed E-state index contributed by atoms with van der Waals surface area (Å²) in [5.41, 5.74) is 2.23. The van der Waals surface area contributed by atoms with Crippen molar-refractivity contribution in [3.8, 4) is 0 Å². The highest BCUT2D eigenvalue weighted by molar-refractivity contribution is 7.90. The summed E-state index contributed by atoms with van der Waals surface area (Å²) in [6, 6.07) is 20.4. The number of aromatic nitrogens is 1. The van der Waals surface area contributed by atoms with Gasteiger partial charge in [0, 0.05) is 28.7 Å². The highest BCUT2D eigenvalue weighted by atomic mass is 35.5. The van der Waals surface area contributed by atoms with Gasteiger partial charge in [-0.05, 0) is 41.5 Å². The normalized spacial score (nSPS) is 11.8. The molecule has 0 aliphatic carbocycles. The molecule has 1 heterocycles. The van der Waals surface area contributed by atoms with Crippen molar-refractivity contribution >= 4 is 32.3 Å². The predicted octanol–water partition coefficient (Wildman–Crippen LogP) is 5.46. The molecule has 0 fully saturated rings. The van der Waals surface area contributed by atoms with Crippen LogP contribution in [0.1, 0.15) is 11.1 Å². The van der Waals surface area contributed by atoms with Crippen LogP contribution >= 0.6 is 11.6 Å². The molecule has 0 saturated heterocycles. The Hall–Kier alpha value is -2.63. The van der Waals surface area contributed by atoms with Crippen molar-refractivity contribution in [3.05, 3.63) is 101 Å². The summed E-state index contributed by atoms with van der Waals surface area (Å²) in [4.78, 5) is 0.273. The van der Waals surface area contributed by atoms with Crippen LogP contribution in [-0.4, -0.2) is 13.0 Å². The summed E-state index contributed by atoms with van der Waals surface area (Å²) in [6.07, 6.45) is 1.64. The Morgan fingerprint density at radius 1 is 0.893 bits per heavy atom. The molecule has 0 atom stereocenters. The van der Waals surface area contributed by atoms with E-state index in [-0.39, 0.29) is 16.5 Å². The van der Waals surface area contributed by atoms with Gasteiger partial charge in [0.15, 0.2) is 9.84 Å². The van der Waals surface area contributed by atoms with Gasteiger partial charge in [-0.25, -0.2) is 12.8 Å². The monoisotopic (exact) mass is 413 g/mol. The van der Waals surface area contributed by atoms with E-state index in [1.54, 1.807) is 42.6 Å². The van der Waals surface area contributed by atoms with Crippen molar-refractivity contribution in [2.75, 3.05) is 0 Å². The van der Waals surface area contributed by atoms with E-state index in [4.69, 9.17) is 11.6 Å². The molecule has 3 nitrogen and oxygen atoms in total. The Bertz CT molecular complexity index is 1250. The van der Waals surface area contributed by atoms with Gasteiger partial charge >= 0.3 is 0 Å². The van der Waals surface area contributed by atoms with Gasteiger partial charge in [-0.3, -0.25) is 0 Å². The molecule has 4 rings (SSSR count). The van der Waals surface area contributed by atoms with Crippen LogP contribution in [0.2, 0.25) is 5.02 Å². The average molecular weight is 414 g/mol. The molecule has 0 bridgehead atoms. The molecule has 142 valence electrons. The summed E-state index contributed by atoms with van der Waals surface area (Å²) in [6.45, 7) is 0.384. The van der Waals surface area contributed by atoms with E-state index in [0.29, 0.717) is 22.5 Å². The Morgan fingerprint density at radius 3 is 2.39 bits per heavy atom. The van der Waals surface area contributed by atoms with Gasteiger partial charge in [0.2, 0.25) is 0 Å². The van der Waals surface area contributed by atoms with E-state index in [9.17, 15) is 12.8 Å². The van der Waals surface area contributed by atoms with Crippen LogP contribution < -0.4 is 0 Å². The zero-order valence-electron chi connectivity index (χ0n) is 14.8. The van der Waals surface area contributed by atoms with Crippen molar-refractivity contribution < 1.29 is 12.8 Å². The first-order chi connectivity index (χ1) is 13.4. The van der Waals surface area contributed by atoms with Gasteiger partial charge < -0.3 is 4.57 Å². The molecule has 0 aliphatic rings. The van der Waals surface area contributed by atoms with E-state index in [0.717, 1.165) is 11.1 Å². The van der Waals surface area contributed by atoms with Crippen LogP contribution in [0.5, 0.6) is 0 Å². The van der Waals surface area contributed by atoms with Crippen LogP contribution in [0.15, 0.2) is 83.9 Å². The number of halogens is 2. The van der Waals surface area contributed by atoms with E-state index < -0.39 is 9.84 Å². The van der Waals surface area contributed by atoms with Crippen LogP contribution in [0.25, 0.3) is 10.9 Å². The van der Waals surface area contributed by atoms with E-state index in [2.05, 4.69) is 0 Å². The summed E-state index contributed by atoms with van der Waals surface area (Å²) >= 11 is 5.89. The third-order valence-corrected chi connectivity index (χ3v) is 6.56. The van der Waals surface area contributed by atoms with E-state index in [1.807, 2.05) is 28.8 Å². The molecule has 0 amide bonds. The number of hydrogen-bond donors (Lipinski definition) is 0. The van der Waals surface area contributed by atoms with Gasteiger partial charge in [0.05, 0.1) is 10.6 Å². The maximum Gasteiger partial charge on any atom is 0.184 e. The maximum absolute atomic E-state index is 13.5. The fraction of sp³-hybridized carbons (Fsp3) is 0.0909. The highest BCUT2D eigenvalue weighted by Crippen LogP contribution is 2.29. The number of para-hydroxylation sites is 1. The largest absolute Gasteiger partial charge is 0.342 e. The van der Waals surface area contributed by atoms with Gasteiger partial charge in [-0.2, -0.15) is 0 Å². The molecule has 0 saturated carbocycles. The third kappa shape index (κ3) is 3.81. The van der Waals surface area contributed by atoms with Gasteiger partial charge in [-0.15, -0.1) is 0 Å². The minimum Gasteiger partial charge on any atom is -0.342 e. The molecule has 0 N–H and O–H groups in total. The summed E-state index contributed by atoms with van der Waals surface area (Å²) in [7, 11) is -3.57.